The van der Waals surface area contributed by atoms with E-state index in [4.69, 9.17) is 0 Å². The van der Waals surface area contributed by atoms with E-state index in [1.54, 1.807) is 11.3 Å². The third-order valence-electron chi connectivity index (χ3n) is 2.18. The van der Waals surface area contributed by atoms with Gasteiger partial charge in [-0.1, -0.05) is 0 Å². The minimum Gasteiger partial charge on any atom is -0.353 e. The summed E-state index contributed by atoms with van der Waals surface area (Å²) in [6.07, 6.45) is 0.971. The lowest BCUT2D eigenvalue weighted by Crippen LogP contribution is -2.41. The number of amides is 1. The van der Waals surface area contributed by atoms with Crippen LogP contribution in [0.4, 0.5) is 0 Å². The third kappa shape index (κ3) is 5.28. The van der Waals surface area contributed by atoms with Gasteiger partial charge in [0.2, 0.25) is 5.91 Å². The van der Waals surface area contributed by atoms with Crippen molar-refractivity contribution < 1.29 is 4.79 Å². The maximum absolute atomic E-state index is 11.4. The highest BCUT2D eigenvalue weighted by molar-refractivity contribution is 7.07. The molecule has 0 bridgehead atoms. The fourth-order valence-electron chi connectivity index (χ4n) is 1.47. The van der Waals surface area contributed by atoms with E-state index < -0.39 is 0 Å². The van der Waals surface area contributed by atoms with Gasteiger partial charge in [-0.05, 0) is 49.6 Å². The van der Waals surface area contributed by atoms with Gasteiger partial charge in [-0.2, -0.15) is 11.3 Å². The van der Waals surface area contributed by atoms with E-state index in [-0.39, 0.29) is 11.9 Å². The normalized spacial score (nSPS) is 12.8. The van der Waals surface area contributed by atoms with Crippen LogP contribution in [-0.4, -0.2) is 24.5 Å². The summed E-state index contributed by atoms with van der Waals surface area (Å²) < 4.78 is 0. The van der Waals surface area contributed by atoms with Gasteiger partial charge in [0.15, 0.2) is 0 Å². The van der Waals surface area contributed by atoms with Crippen molar-refractivity contribution in [3.05, 3.63) is 22.4 Å². The van der Waals surface area contributed by atoms with Crippen molar-refractivity contribution in [3.63, 3.8) is 0 Å². The van der Waals surface area contributed by atoms with Gasteiger partial charge in [-0.15, -0.1) is 0 Å². The van der Waals surface area contributed by atoms with Crippen molar-refractivity contribution in [3.8, 4) is 0 Å². The third-order valence-corrected chi connectivity index (χ3v) is 2.91. The minimum absolute atomic E-state index is 0.0622. The molecule has 16 heavy (non-hydrogen) atoms. The van der Waals surface area contributed by atoms with Crippen LogP contribution in [0.1, 0.15) is 26.3 Å². The van der Waals surface area contributed by atoms with Crippen LogP contribution in [0, 0.1) is 0 Å². The molecule has 1 aromatic rings. The lowest BCUT2D eigenvalue weighted by Gasteiger charge is -2.14. The number of carbonyl (C=O) groups is 1. The molecule has 1 aromatic heterocycles. The van der Waals surface area contributed by atoms with Crippen molar-refractivity contribution in [2.24, 2.45) is 0 Å². The number of thiophene rings is 1. The van der Waals surface area contributed by atoms with Gasteiger partial charge in [0.25, 0.3) is 0 Å². The second kappa shape index (κ2) is 6.66. The van der Waals surface area contributed by atoms with E-state index in [0.717, 1.165) is 6.42 Å². The molecule has 1 rings (SSSR count). The van der Waals surface area contributed by atoms with Crippen LogP contribution in [0.3, 0.4) is 0 Å². The Morgan fingerprint density at radius 1 is 1.44 bits per heavy atom. The first-order valence-electron chi connectivity index (χ1n) is 5.61. The number of carbonyl (C=O) groups excluding carboxylic acids is 1. The van der Waals surface area contributed by atoms with E-state index in [1.165, 1.54) is 5.56 Å². The summed E-state index contributed by atoms with van der Waals surface area (Å²) >= 11 is 1.71. The van der Waals surface area contributed by atoms with Crippen LogP contribution in [0.25, 0.3) is 0 Å². The van der Waals surface area contributed by atoms with Crippen molar-refractivity contribution in [2.75, 3.05) is 6.54 Å². The van der Waals surface area contributed by atoms with Crippen LogP contribution < -0.4 is 10.6 Å². The molecule has 2 N–H and O–H groups in total. The fourth-order valence-corrected chi connectivity index (χ4v) is 2.16. The van der Waals surface area contributed by atoms with Crippen molar-refractivity contribution in [1.29, 1.82) is 0 Å². The standard InChI is InChI=1S/C12H20N2OS/c1-9(2)14-12(15)7-13-10(3)6-11-4-5-16-8-11/h4-5,8-10,13H,6-7H2,1-3H3,(H,14,15). The highest BCUT2D eigenvalue weighted by Crippen LogP contribution is 2.08. The molecule has 0 saturated carbocycles. The Balaban J connectivity index is 2.20. The van der Waals surface area contributed by atoms with Crippen LogP contribution in [0.2, 0.25) is 0 Å². The van der Waals surface area contributed by atoms with E-state index >= 15 is 0 Å². The lowest BCUT2D eigenvalue weighted by molar-refractivity contribution is -0.120. The quantitative estimate of drug-likeness (QED) is 0.796. The molecule has 0 aliphatic heterocycles. The first-order valence-corrected chi connectivity index (χ1v) is 6.56. The molecule has 0 radical (unpaired) electrons. The Morgan fingerprint density at radius 2 is 2.19 bits per heavy atom. The van der Waals surface area contributed by atoms with Gasteiger partial charge >= 0.3 is 0 Å². The molecular weight excluding hydrogens is 220 g/mol. The average molecular weight is 240 g/mol. The SMILES string of the molecule is CC(C)NC(=O)CNC(C)Cc1ccsc1. The molecule has 3 nitrogen and oxygen atoms in total. The number of hydrogen-bond acceptors (Lipinski definition) is 3. The van der Waals surface area contributed by atoms with Crippen molar-refractivity contribution >= 4 is 17.2 Å². The maximum atomic E-state index is 11.4. The smallest absolute Gasteiger partial charge is 0.234 e. The number of nitrogens with one attached hydrogen (secondary N) is 2. The van der Waals surface area contributed by atoms with Gasteiger partial charge in [-0.3, -0.25) is 4.79 Å². The van der Waals surface area contributed by atoms with Crippen LogP contribution >= 0.6 is 11.3 Å². The van der Waals surface area contributed by atoms with E-state index in [1.807, 2.05) is 13.8 Å². The van der Waals surface area contributed by atoms with Gasteiger partial charge in [0.1, 0.15) is 0 Å². The van der Waals surface area contributed by atoms with Gasteiger partial charge in [-0.25, -0.2) is 0 Å². The Kier molecular flexibility index (Phi) is 5.49. The fraction of sp³-hybridized carbons (Fsp3) is 0.583. The molecule has 90 valence electrons. The van der Waals surface area contributed by atoms with E-state index in [9.17, 15) is 4.79 Å². The molecule has 0 aromatic carbocycles. The van der Waals surface area contributed by atoms with Gasteiger partial charge in [0, 0.05) is 12.1 Å². The van der Waals surface area contributed by atoms with Crippen LogP contribution in [0.15, 0.2) is 16.8 Å². The largest absolute Gasteiger partial charge is 0.353 e. The second-order valence-corrected chi connectivity index (χ2v) is 5.12. The topological polar surface area (TPSA) is 41.1 Å². The molecular formula is C12H20N2OS. The van der Waals surface area contributed by atoms with Crippen LogP contribution in [-0.2, 0) is 11.2 Å². The Hall–Kier alpha value is -0.870. The summed E-state index contributed by atoms with van der Waals surface area (Å²) in [6, 6.07) is 2.66. The average Bonchev–Trinajstić information content (AvgIpc) is 2.66. The van der Waals surface area contributed by atoms with Crippen LogP contribution in [0.5, 0.6) is 0 Å². The highest BCUT2D eigenvalue weighted by Gasteiger charge is 2.07. The molecule has 4 heteroatoms. The first kappa shape index (κ1) is 13.2. The molecule has 0 aliphatic carbocycles. The second-order valence-electron chi connectivity index (χ2n) is 4.34. The lowest BCUT2D eigenvalue weighted by atomic mass is 10.1. The molecule has 0 spiro atoms. The predicted octanol–water partition coefficient (Wildman–Crippen LogP) is 1.79. The molecule has 1 unspecified atom stereocenters. The molecule has 1 atom stereocenters. The summed E-state index contributed by atoms with van der Waals surface area (Å²) in [5.74, 6) is 0.0622. The zero-order valence-electron chi connectivity index (χ0n) is 10.1. The van der Waals surface area contributed by atoms with E-state index in [0.29, 0.717) is 12.6 Å². The number of rotatable bonds is 6. The number of hydrogen-bond donors (Lipinski definition) is 2. The molecule has 1 amide bonds. The van der Waals surface area contributed by atoms with Crippen molar-refractivity contribution in [1.82, 2.24) is 10.6 Å². The van der Waals surface area contributed by atoms with E-state index in [2.05, 4.69) is 34.4 Å². The Morgan fingerprint density at radius 3 is 2.75 bits per heavy atom. The summed E-state index contributed by atoms with van der Waals surface area (Å²) in [7, 11) is 0. The zero-order chi connectivity index (χ0) is 12.0. The van der Waals surface area contributed by atoms with Gasteiger partial charge in [0.05, 0.1) is 6.54 Å². The summed E-state index contributed by atoms with van der Waals surface area (Å²) in [5.41, 5.74) is 1.33. The Bertz CT molecular complexity index is 309. The van der Waals surface area contributed by atoms with Crippen molar-refractivity contribution in [2.45, 2.75) is 39.3 Å². The zero-order valence-corrected chi connectivity index (χ0v) is 10.9. The summed E-state index contributed by atoms with van der Waals surface area (Å²) in [6.45, 7) is 6.42. The highest BCUT2D eigenvalue weighted by atomic mass is 32.1. The minimum atomic E-state index is 0.0622. The summed E-state index contributed by atoms with van der Waals surface area (Å²) in [5, 5.41) is 10.3. The monoisotopic (exact) mass is 240 g/mol. The molecule has 1 heterocycles. The Labute approximate surface area is 101 Å². The summed E-state index contributed by atoms with van der Waals surface area (Å²) in [4.78, 5) is 11.4. The predicted molar refractivity (Wildman–Crippen MR) is 68.8 cm³/mol. The maximum Gasteiger partial charge on any atom is 0.234 e. The molecule has 0 aliphatic rings. The first-order chi connectivity index (χ1) is 7.58. The molecule has 0 fully saturated rings. The van der Waals surface area contributed by atoms with Gasteiger partial charge < -0.3 is 10.6 Å². The molecule has 0 saturated heterocycles.